The van der Waals surface area contributed by atoms with Crippen LogP contribution in [0.5, 0.6) is 0 Å². The van der Waals surface area contributed by atoms with Crippen molar-refractivity contribution in [2.24, 2.45) is 13.0 Å². The quantitative estimate of drug-likeness (QED) is 0.899. The molecule has 1 aliphatic heterocycles. The predicted octanol–water partition coefficient (Wildman–Crippen LogP) is 1.36. The average molecular weight is 313 g/mol. The third-order valence-corrected chi connectivity index (χ3v) is 4.58. The Kier molecular flexibility index (Phi) is 3.77. The number of aryl methyl sites for hydroxylation is 1. The van der Waals surface area contributed by atoms with Crippen molar-refractivity contribution in [2.75, 3.05) is 47.8 Å². The molecule has 122 valence electrons. The number of piperazine rings is 1. The summed E-state index contributed by atoms with van der Waals surface area (Å²) in [7, 11) is 1.96. The van der Waals surface area contributed by atoms with Gasteiger partial charge in [-0.05, 0) is 18.8 Å². The van der Waals surface area contributed by atoms with Crippen LogP contribution in [0.2, 0.25) is 0 Å². The Bertz CT molecular complexity index is 656. The van der Waals surface area contributed by atoms with E-state index in [9.17, 15) is 0 Å². The maximum Gasteiger partial charge on any atom is 0.134 e. The van der Waals surface area contributed by atoms with Gasteiger partial charge in [-0.3, -0.25) is 4.68 Å². The zero-order valence-electron chi connectivity index (χ0n) is 13.5. The van der Waals surface area contributed by atoms with Crippen LogP contribution in [0.3, 0.4) is 0 Å². The van der Waals surface area contributed by atoms with Gasteiger partial charge in [0.15, 0.2) is 0 Å². The van der Waals surface area contributed by atoms with Crippen LogP contribution in [-0.2, 0) is 7.05 Å². The molecule has 1 saturated carbocycles. The summed E-state index contributed by atoms with van der Waals surface area (Å²) in [5.41, 5.74) is 1.20. The second-order valence-electron chi connectivity index (χ2n) is 6.43. The number of aromatic nitrogens is 4. The standard InChI is InChI=1S/C16H23N7/c1-21-11-14(10-20-21)22-4-6-23(7-5-22)16-8-15(18-12-19-16)17-9-13-2-3-13/h8,10-13H,2-7,9H2,1H3,(H,17,18,19). The molecule has 0 spiro atoms. The lowest BCUT2D eigenvalue weighted by atomic mass is 10.3. The van der Waals surface area contributed by atoms with Crippen molar-refractivity contribution in [2.45, 2.75) is 12.8 Å². The Hall–Kier alpha value is -2.31. The van der Waals surface area contributed by atoms with Crippen molar-refractivity contribution < 1.29 is 0 Å². The summed E-state index contributed by atoms with van der Waals surface area (Å²) in [6.07, 6.45) is 8.36. The van der Waals surface area contributed by atoms with Gasteiger partial charge in [-0.1, -0.05) is 0 Å². The summed E-state index contributed by atoms with van der Waals surface area (Å²) >= 11 is 0. The maximum atomic E-state index is 4.45. The van der Waals surface area contributed by atoms with Gasteiger partial charge in [0.05, 0.1) is 11.9 Å². The molecule has 0 unspecified atom stereocenters. The topological polar surface area (TPSA) is 62.1 Å². The molecule has 1 saturated heterocycles. The predicted molar refractivity (Wildman–Crippen MR) is 90.9 cm³/mol. The normalized spacial score (nSPS) is 18.3. The molecular weight excluding hydrogens is 290 g/mol. The SMILES string of the molecule is Cn1cc(N2CCN(c3cc(NCC4CC4)ncn3)CC2)cn1. The van der Waals surface area contributed by atoms with Gasteiger partial charge in [0, 0.05) is 52.0 Å². The highest BCUT2D eigenvalue weighted by molar-refractivity contribution is 5.51. The second kappa shape index (κ2) is 6.06. The second-order valence-corrected chi connectivity index (χ2v) is 6.43. The lowest BCUT2D eigenvalue weighted by molar-refractivity contribution is 0.646. The summed E-state index contributed by atoms with van der Waals surface area (Å²) < 4.78 is 1.85. The number of nitrogens with zero attached hydrogens (tertiary/aromatic N) is 6. The highest BCUT2D eigenvalue weighted by Crippen LogP contribution is 2.29. The Labute approximate surface area is 136 Å². The average Bonchev–Trinajstić information content (AvgIpc) is 3.33. The molecule has 2 aromatic rings. The summed E-state index contributed by atoms with van der Waals surface area (Å²) in [5.74, 6) is 2.80. The first kappa shape index (κ1) is 14.3. The molecule has 23 heavy (non-hydrogen) atoms. The van der Waals surface area contributed by atoms with Crippen LogP contribution in [-0.4, -0.2) is 52.5 Å². The smallest absolute Gasteiger partial charge is 0.134 e. The summed E-state index contributed by atoms with van der Waals surface area (Å²) in [6.45, 7) is 4.94. The monoisotopic (exact) mass is 313 g/mol. The van der Waals surface area contributed by atoms with E-state index in [1.807, 2.05) is 17.9 Å². The van der Waals surface area contributed by atoms with Gasteiger partial charge in [-0.25, -0.2) is 9.97 Å². The molecule has 7 nitrogen and oxygen atoms in total. The van der Waals surface area contributed by atoms with Crippen molar-refractivity contribution in [3.63, 3.8) is 0 Å². The van der Waals surface area contributed by atoms with E-state index >= 15 is 0 Å². The Morgan fingerprint density at radius 1 is 1.13 bits per heavy atom. The highest BCUT2D eigenvalue weighted by Gasteiger charge is 2.22. The molecule has 0 amide bonds. The third kappa shape index (κ3) is 3.38. The highest BCUT2D eigenvalue weighted by atomic mass is 15.3. The molecule has 2 aliphatic rings. The number of anilines is 3. The lowest BCUT2D eigenvalue weighted by Gasteiger charge is -2.36. The molecule has 0 bridgehead atoms. The van der Waals surface area contributed by atoms with Gasteiger partial charge in [-0.2, -0.15) is 5.10 Å². The van der Waals surface area contributed by atoms with Crippen LogP contribution in [0.15, 0.2) is 24.8 Å². The minimum Gasteiger partial charge on any atom is -0.370 e. The lowest BCUT2D eigenvalue weighted by Crippen LogP contribution is -2.46. The maximum absolute atomic E-state index is 4.45. The van der Waals surface area contributed by atoms with E-state index in [0.29, 0.717) is 0 Å². The van der Waals surface area contributed by atoms with Crippen LogP contribution >= 0.6 is 0 Å². The molecule has 3 heterocycles. The van der Waals surface area contributed by atoms with Gasteiger partial charge in [-0.15, -0.1) is 0 Å². The van der Waals surface area contributed by atoms with Gasteiger partial charge in [0.2, 0.25) is 0 Å². The van der Waals surface area contributed by atoms with Gasteiger partial charge >= 0.3 is 0 Å². The summed E-state index contributed by atoms with van der Waals surface area (Å²) in [5, 5.41) is 7.68. The first-order valence-electron chi connectivity index (χ1n) is 8.32. The van der Waals surface area contributed by atoms with Gasteiger partial charge in [0.25, 0.3) is 0 Å². The van der Waals surface area contributed by atoms with E-state index < -0.39 is 0 Å². The van der Waals surface area contributed by atoms with E-state index in [1.54, 1.807) is 6.33 Å². The van der Waals surface area contributed by atoms with E-state index in [0.717, 1.165) is 50.3 Å². The molecule has 4 rings (SSSR count). The first-order valence-corrected chi connectivity index (χ1v) is 8.32. The number of nitrogens with one attached hydrogen (secondary N) is 1. The van der Waals surface area contributed by atoms with Crippen molar-refractivity contribution in [3.05, 3.63) is 24.8 Å². The van der Waals surface area contributed by atoms with Crippen LogP contribution in [0, 0.1) is 5.92 Å². The Balaban J connectivity index is 1.36. The minimum atomic E-state index is 0.844. The molecule has 0 atom stereocenters. The largest absolute Gasteiger partial charge is 0.370 e. The Morgan fingerprint density at radius 2 is 1.91 bits per heavy atom. The Morgan fingerprint density at radius 3 is 2.61 bits per heavy atom. The van der Waals surface area contributed by atoms with E-state index in [1.165, 1.54) is 18.5 Å². The first-order chi connectivity index (χ1) is 11.3. The molecule has 0 radical (unpaired) electrons. The molecule has 1 N–H and O–H groups in total. The zero-order chi connectivity index (χ0) is 15.6. The fourth-order valence-corrected chi connectivity index (χ4v) is 2.95. The summed E-state index contributed by atoms with van der Waals surface area (Å²) in [6, 6.07) is 2.07. The van der Waals surface area contributed by atoms with Crippen LogP contribution < -0.4 is 15.1 Å². The fourth-order valence-electron chi connectivity index (χ4n) is 2.95. The number of hydrogen-bond donors (Lipinski definition) is 1. The number of hydrogen-bond acceptors (Lipinski definition) is 6. The zero-order valence-corrected chi connectivity index (χ0v) is 13.5. The van der Waals surface area contributed by atoms with Crippen LogP contribution in [0.4, 0.5) is 17.3 Å². The molecule has 2 fully saturated rings. The molecular formula is C16H23N7. The van der Waals surface area contributed by atoms with Crippen LogP contribution in [0.25, 0.3) is 0 Å². The third-order valence-electron chi connectivity index (χ3n) is 4.58. The molecule has 1 aliphatic carbocycles. The molecule has 2 aromatic heterocycles. The summed E-state index contributed by atoms with van der Waals surface area (Å²) in [4.78, 5) is 13.5. The van der Waals surface area contributed by atoms with E-state index in [4.69, 9.17) is 0 Å². The van der Waals surface area contributed by atoms with E-state index in [-0.39, 0.29) is 0 Å². The molecule has 7 heteroatoms. The van der Waals surface area contributed by atoms with Crippen molar-refractivity contribution in [3.8, 4) is 0 Å². The fraction of sp³-hybridized carbons (Fsp3) is 0.562. The number of rotatable bonds is 5. The van der Waals surface area contributed by atoms with Crippen molar-refractivity contribution in [1.29, 1.82) is 0 Å². The van der Waals surface area contributed by atoms with Crippen molar-refractivity contribution >= 4 is 17.3 Å². The molecule has 0 aromatic carbocycles. The minimum absolute atomic E-state index is 0.844. The van der Waals surface area contributed by atoms with Crippen LogP contribution in [0.1, 0.15) is 12.8 Å². The van der Waals surface area contributed by atoms with Crippen molar-refractivity contribution in [1.82, 2.24) is 19.7 Å². The van der Waals surface area contributed by atoms with Gasteiger partial charge in [0.1, 0.15) is 18.0 Å². The van der Waals surface area contributed by atoms with Gasteiger partial charge < -0.3 is 15.1 Å². The van der Waals surface area contributed by atoms with E-state index in [2.05, 4.69) is 42.4 Å².